The zero-order valence-electron chi connectivity index (χ0n) is 11.8. The van der Waals surface area contributed by atoms with E-state index in [-0.39, 0.29) is 66.6 Å². The van der Waals surface area contributed by atoms with Gasteiger partial charge in [0.2, 0.25) is 0 Å². The number of hydrogen-bond acceptors (Lipinski definition) is 6. The van der Waals surface area contributed by atoms with Crippen LogP contribution in [0.5, 0.6) is 0 Å². The van der Waals surface area contributed by atoms with E-state index in [9.17, 15) is 10.2 Å². The van der Waals surface area contributed by atoms with Crippen molar-refractivity contribution in [2.24, 2.45) is 0 Å². The second kappa shape index (κ2) is 10.6. The molecule has 109 valence electrons. The minimum Gasteiger partial charge on any atom is -0.393 e. The number of hydrogen-bond donors (Lipinski definition) is 4. The van der Waals surface area contributed by atoms with E-state index in [1.54, 1.807) is 6.92 Å². The molecular formula is C11H26NO5Y-. The molecule has 0 spiro atoms. The maximum atomic E-state index is 9.86. The molecule has 0 aliphatic heterocycles. The molecule has 0 bridgehead atoms. The van der Waals surface area contributed by atoms with Crippen molar-refractivity contribution in [2.75, 3.05) is 40.1 Å². The Morgan fingerprint density at radius 1 is 1.06 bits per heavy atom. The summed E-state index contributed by atoms with van der Waals surface area (Å²) in [5.74, 6) is 0. The van der Waals surface area contributed by atoms with Gasteiger partial charge in [-0.05, 0) is 13.8 Å². The number of rotatable bonds is 8. The number of aliphatic hydroxyl groups is 4. The molecular weight excluding hydrogens is 315 g/mol. The normalized spacial score (nSPS) is 17.3. The average molecular weight is 341 g/mol. The van der Waals surface area contributed by atoms with Gasteiger partial charge in [0.25, 0.3) is 0 Å². The van der Waals surface area contributed by atoms with Gasteiger partial charge in [-0.3, -0.25) is 4.90 Å². The van der Waals surface area contributed by atoms with Crippen LogP contribution < -0.4 is 0 Å². The molecule has 0 aliphatic carbocycles. The summed E-state index contributed by atoms with van der Waals surface area (Å²) in [4.78, 5) is 1.44. The molecule has 0 saturated heterocycles. The van der Waals surface area contributed by atoms with Crippen molar-refractivity contribution < 1.29 is 57.9 Å². The van der Waals surface area contributed by atoms with Crippen molar-refractivity contribution in [1.29, 1.82) is 0 Å². The standard InChI is InChI=1S/C10H23NO5.CH3.Y/c1-9(14,6-12)4-11(8-13)5-10(2,15)7-16-3;;/h12-15H,4-8H2,1-3H3;1H3;/q;-1;. The van der Waals surface area contributed by atoms with Crippen molar-refractivity contribution in [2.45, 2.75) is 25.0 Å². The second-order valence-electron chi connectivity index (χ2n) is 4.71. The smallest absolute Gasteiger partial charge is 0.0978 e. The summed E-state index contributed by atoms with van der Waals surface area (Å²) in [6, 6.07) is 0. The summed E-state index contributed by atoms with van der Waals surface area (Å²) in [5.41, 5.74) is -2.41. The van der Waals surface area contributed by atoms with Crippen molar-refractivity contribution in [3.8, 4) is 0 Å². The van der Waals surface area contributed by atoms with Gasteiger partial charge in [0.1, 0.15) is 0 Å². The summed E-state index contributed by atoms with van der Waals surface area (Å²) in [6.45, 7) is 2.66. The van der Waals surface area contributed by atoms with Crippen LogP contribution in [-0.4, -0.2) is 76.7 Å². The fraction of sp³-hybridized carbons (Fsp3) is 0.909. The number of nitrogens with zero attached hydrogens (tertiary/aromatic N) is 1. The zero-order valence-corrected chi connectivity index (χ0v) is 14.6. The van der Waals surface area contributed by atoms with Crippen molar-refractivity contribution in [3.05, 3.63) is 7.43 Å². The summed E-state index contributed by atoms with van der Waals surface area (Å²) in [5, 5.41) is 37.5. The van der Waals surface area contributed by atoms with Gasteiger partial charge in [0, 0.05) is 52.9 Å². The molecule has 0 aromatic rings. The molecule has 2 atom stereocenters. The molecule has 0 aromatic carbocycles. The van der Waals surface area contributed by atoms with Gasteiger partial charge in [0.15, 0.2) is 0 Å². The quantitative estimate of drug-likeness (QED) is 0.328. The van der Waals surface area contributed by atoms with Crippen molar-refractivity contribution >= 4 is 0 Å². The van der Waals surface area contributed by atoms with Crippen LogP contribution in [0.3, 0.4) is 0 Å². The molecule has 0 aromatic heterocycles. The summed E-state index contributed by atoms with van der Waals surface area (Å²) in [7, 11) is 1.47. The molecule has 7 heteroatoms. The zero-order chi connectivity index (χ0) is 12.8. The van der Waals surface area contributed by atoms with E-state index >= 15 is 0 Å². The summed E-state index contributed by atoms with van der Waals surface area (Å²) >= 11 is 0. The first kappa shape index (κ1) is 23.9. The summed E-state index contributed by atoms with van der Waals surface area (Å²) < 4.78 is 4.84. The number of aliphatic hydroxyl groups excluding tert-OH is 2. The molecule has 0 heterocycles. The minimum atomic E-state index is -1.30. The first-order valence-corrected chi connectivity index (χ1v) is 5.14. The molecule has 0 fully saturated rings. The van der Waals surface area contributed by atoms with E-state index in [0.29, 0.717) is 0 Å². The molecule has 1 radical (unpaired) electrons. The van der Waals surface area contributed by atoms with Crippen LogP contribution in [0, 0.1) is 7.43 Å². The number of ether oxygens (including phenoxy) is 1. The van der Waals surface area contributed by atoms with Crippen LogP contribution in [0.15, 0.2) is 0 Å². The van der Waals surface area contributed by atoms with Crippen LogP contribution in [0.4, 0.5) is 0 Å². The topological polar surface area (TPSA) is 93.4 Å². The van der Waals surface area contributed by atoms with Crippen LogP contribution in [-0.2, 0) is 37.4 Å². The first-order valence-electron chi connectivity index (χ1n) is 5.14. The van der Waals surface area contributed by atoms with Gasteiger partial charge in [-0.2, -0.15) is 0 Å². The van der Waals surface area contributed by atoms with E-state index in [1.165, 1.54) is 18.9 Å². The molecule has 0 saturated carbocycles. The van der Waals surface area contributed by atoms with Gasteiger partial charge in [-0.15, -0.1) is 0 Å². The van der Waals surface area contributed by atoms with Crippen molar-refractivity contribution in [3.63, 3.8) is 0 Å². The van der Waals surface area contributed by atoms with Crippen LogP contribution in [0.25, 0.3) is 0 Å². The monoisotopic (exact) mass is 341 g/mol. The third-order valence-corrected chi connectivity index (χ3v) is 2.12. The Labute approximate surface area is 135 Å². The second-order valence-corrected chi connectivity index (χ2v) is 4.71. The van der Waals surface area contributed by atoms with Gasteiger partial charge < -0.3 is 32.6 Å². The van der Waals surface area contributed by atoms with Gasteiger partial charge >= 0.3 is 0 Å². The predicted octanol–water partition coefficient (Wildman–Crippen LogP) is -1.17. The fourth-order valence-corrected chi connectivity index (χ4v) is 1.53. The third kappa shape index (κ3) is 10.8. The molecule has 0 rings (SSSR count). The Morgan fingerprint density at radius 2 is 1.50 bits per heavy atom. The van der Waals surface area contributed by atoms with Crippen molar-refractivity contribution in [1.82, 2.24) is 4.90 Å². The van der Waals surface area contributed by atoms with Crippen LogP contribution in [0.1, 0.15) is 13.8 Å². The Hall–Kier alpha value is 0.864. The number of methoxy groups -OCH3 is 1. The van der Waals surface area contributed by atoms with E-state index in [4.69, 9.17) is 14.9 Å². The average Bonchev–Trinajstić information content (AvgIpc) is 2.16. The largest absolute Gasteiger partial charge is 0.393 e. The predicted molar refractivity (Wildman–Crippen MR) is 65.3 cm³/mol. The Kier molecular flexibility index (Phi) is 14.1. The Morgan fingerprint density at radius 3 is 1.83 bits per heavy atom. The maximum Gasteiger partial charge on any atom is 0.0978 e. The van der Waals surface area contributed by atoms with Crippen LogP contribution in [0.2, 0.25) is 0 Å². The van der Waals surface area contributed by atoms with Gasteiger partial charge in [0.05, 0.1) is 31.1 Å². The Bertz CT molecular complexity index is 202. The minimum absolute atomic E-state index is 0. The van der Waals surface area contributed by atoms with Crippen LogP contribution >= 0.6 is 0 Å². The van der Waals surface area contributed by atoms with E-state index < -0.39 is 17.8 Å². The van der Waals surface area contributed by atoms with E-state index in [0.717, 1.165) is 0 Å². The molecule has 0 amide bonds. The molecule has 6 nitrogen and oxygen atoms in total. The van der Waals surface area contributed by atoms with E-state index in [1.807, 2.05) is 0 Å². The molecule has 0 aliphatic rings. The third-order valence-electron chi connectivity index (χ3n) is 2.12. The maximum absolute atomic E-state index is 9.86. The fourth-order valence-electron chi connectivity index (χ4n) is 1.53. The first-order chi connectivity index (χ1) is 7.26. The Balaban J connectivity index is -0.00000112. The van der Waals surface area contributed by atoms with Gasteiger partial charge in [-0.1, -0.05) is 0 Å². The summed E-state index contributed by atoms with van der Waals surface area (Å²) in [6.07, 6.45) is 0. The van der Waals surface area contributed by atoms with Gasteiger partial charge in [-0.25, -0.2) is 0 Å². The molecule has 18 heavy (non-hydrogen) atoms. The molecule has 2 unspecified atom stereocenters. The molecule has 4 N–H and O–H groups in total. The SMILES string of the molecule is COCC(C)(O)CN(CO)CC(C)(O)CO.[CH3-].[Y]. The van der Waals surface area contributed by atoms with E-state index in [2.05, 4.69) is 0 Å².